The number of nitrogens with zero attached hydrogens (tertiary/aromatic N) is 2. The molecule has 0 saturated carbocycles. The number of nitrogen functional groups attached to an aromatic ring is 1. The number of hydrogen-bond acceptors (Lipinski definition) is 4. The molecule has 0 aliphatic carbocycles. The summed E-state index contributed by atoms with van der Waals surface area (Å²) in [4.78, 5) is 15.8. The van der Waals surface area contributed by atoms with E-state index in [0.717, 1.165) is 54.0 Å². The van der Waals surface area contributed by atoms with Crippen LogP contribution >= 0.6 is 16.1 Å². The van der Waals surface area contributed by atoms with Gasteiger partial charge < -0.3 is 15.7 Å². The Morgan fingerprint density at radius 3 is 2.19 bits per heavy atom. The van der Waals surface area contributed by atoms with E-state index in [0.29, 0.717) is 17.2 Å². The van der Waals surface area contributed by atoms with Gasteiger partial charge in [-0.1, -0.05) is 73.1 Å². The van der Waals surface area contributed by atoms with Gasteiger partial charge in [0.2, 0.25) is 0 Å². The van der Waals surface area contributed by atoms with E-state index in [1.165, 1.54) is 0 Å². The number of phenolic OH excluding ortho intramolecular Hbond substituents is 1. The quantitative estimate of drug-likeness (QED) is 0.283. The van der Waals surface area contributed by atoms with Crippen molar-refractivity contribution in [1.29, 1.82) is 0 Å². The summed E-state index contributed by atoms with van der Waals surface area (Å²) >= 11 is 3.37. The van der Waals surface area contributed by atoms with Gasteiger partial charge in [-0.05, 0) is 53.4 Å². The van der Waals surface area contributed by atoms with Crippen LogP contribution in [0.3, 0.4) is 0 Å². The third-order valence-corrected chi connectivity index (χ3v) is 7.67. The Labute approximate surface area is 225 Å². The maximum absolute atomic E-state index is 13.7. The number of para-hydroxylation sites is 1. The molecule has 0 amide bonds. The molecule has 0 aromatic heterocycles. The van der Waals surface area contributed by atoms with Crippen molar-refractivity contribution in [2.45, 2.75) is 78.6 Å². The maximum Gasteiger partial charge on any atom is 0.182 e. The van der Waals surface area contributed by atoms with E-state index < -0.39 is 0 Å². The molecule has 5 nitrogen and oxygen atoms in total. The molecule has 1 saturated heterocycles. The summed E-state index contributed by atoms with van der Waals surface area (Å²) in [6, 6.07) is 11.7. The highest BCUT2D eigenvalue weighted by atomic mass is 79.9. The lowest BCUT2D eigenvalue weighted by atomic mass is 9.78. The predicted molar refractivity (Wildman–Crippen MR) is 154 cm³/mol. The lowest BCUT2D eigenvalue weighted by molar-refractivity contribution is 0.0963. The molecule has 1 aliphatic heterocycles. The number of aromatic hydroxyl groups is 1. The van der Waals surface area contributed by atoms with E-state index in [-0.39, 0.29) is 29.1 Å². The van der Waals surface area contributed by atoms with Gasteiger partial charge >= 0.3 is 0 Å². The maximum atomic E-state index is 13.7. The molecule has 0 unspecified atom stereocenters. The van der Waals surface area contributed by atoms with Gasteiger partial charge in [-0.3, -0.25) is 4.79 Å². The number of hydrogen-bond donors (Lipinski definition) is 2. The molecule has 6 heteroatoms. The SMILES string of the molecule is CCC[C@H]1CN(CC(=O)c2cc(C(C)(C)C)c(O)c(C(C)(C)C)c2)C(=NBr)[C@@H]1Cc1ccccc1N. The molecule has 1 fully saturated rings. The fourth-order valence-electron chi connectivity index (χ4n) is 5.29. The Morgan fingerprint density at radius 1 is 1.11 bits per heavy atom. The first-order valence-electron chi connectivity index (χ1n) is 13.0. The Hall–Kier alpha value is -2.34. The van der Waals surface area contributed by atoms with Crippen LogP contribution in [0, 0.1) is 11.8 Å². The minimum Gasteiger partial charge on any atom is -0.507 e. The number of amidine groups is 1. The van der Waals surface area contributed by atoms with E-state index in [4.69, 9.17) is 5.73 Å². The molecule has 196 valence electrons. The number of Topliss-reactive ketones (excluding diaryl/α,β-unsaturated/α-hetero) is 1. The first kappa shape index (κ1) is 28.2. The van der Waals surface area contributed by atoms with Crippen molar-refractivity contribution in [2.75, 3.05) is 18.8 Å². The Morgan fingerprint density at radius 2 is 1.69 bits per heavy atom. The van der Waals surface area contributed by atoms with Crippen molar-refractivity contribution >= 4 is 33.5 Å². The number of carbonyl (C=O) groups is 1. The van der Waals surface area contributed by atoms with E-state index in [1.807, 2.05) is 30.3 Å². The van der Waals surface area contributed by atoms with Crippen LogP contribution in [0.4, 0.5) is 5.69 Å². The number of likely N-dealkylation sites (tertiary alicyclic amines) is 1. The Kier molecular flexibility index (Phi) is 8.59. The lowest BCUT2D eigenvalue weighted by Crippen LogP contribution is -2.33. The minimum absolute atomic E-state index is 0.0368. The number of benzene rings is 2. The smallest absolute Gasteiger partial charge is 0.182 e. The molecule has 0 spiro atoms. The summed E-state index contributed by atoms with van der Waals surface area (Å²) in [5.74, 6) is 1.83. The Balaban J connectivity index is 1.94. The van der Waals surface area contributed by atoms with Crippen LogP contribution in [0.25, 0.3) is 0 Å². The highest BCUT2D eigenvalue weighted by Crippen LogP contribution is 2.40. The molecular formula is C30H42BrN3O2. The average Bonchev–Trinajstić information content (AvgIpc) is 3.09. The van der Waals surface area contributed by atoms with Gasteiger partial charge in [0.1, 0.15) is 11.6 Å². The van der Waals surface area contributed by atoms with E-state index >= 15 is 0 Å². The average molecular weight is 557 g/mol. The molecule has 36 heavy (non-hydrogen) atoms. The van der Waals surface area contributed by atoms with E-state index in [1.54, 1.807) is 0 Å². The summed E-state index contributed by atoms with van der Waals surface area (Å²) in [6.45, 7) is 15.6. The molecule has 0 bridgehead atoms. The van der Waals surface area contributed by atoms with Gasteiger partial charge in [-0.15, -0.1) is 0 Å². The standard InChI is InChI=1S/C30H42BrN3O2/c1-8-11-20-17-34(28(33-31)22(20)14-19-12-9-10-13-25(19)32)18-26(35)21-15-23(29(2,3)4)27(36)24(16-21)30(5,6)7/h9-10,12-13,15-16,20,22,36H,8,11,14,17-18,32H2,1-7H3/t20-,22+/m0/s1. The molecule has 3 rings (SSSR count). The first-order valence-corrected chi connectivity index (χ1v) is 13.7. The van der Waals surface area contributed by atoms with Gasteiger partial charge in [0, 0.05) is 34.8 Å². The topological polar surface area (TPSA) is 78.9 Å². The van der Waals surface area contributed by atoms with Crippen LogP contribution in [-0.2, 0) is 17.3 Å². The second-order valence-electron chi connectivity index (χ2n) is 12.2. The van der Waals surface area contributed by atoms with E-state index in [9.17, 15) is 9.90 Å². The van der Waals surface area contributed by atoms with Crippen molar-refractivity contribution in [3.63, 3.8) is 0 Å². The van der Waals surface area contributed by atoms with Crippen molar-refractivity contribution in [2.24, 2.45) is 15.9 Å². The highest BCUT2D eigenvalue weighted by Gasteiger charge is 2.39. The van der Waals surface area contributed by atoms with Crippen molar-refractivity contribution in [3.8, 4) is 5.75 Å². The molecule has 1 aliphatic rings. The van der Waals surface area contributed by atoms with E-state index in [2.05, 4.69) is 79.6 Å². The number of phenols is 1. The van der Waals surface area contributed by atoms with Crippen molar-refractivity contribution < 1.29 is 9.90 Å². The van der Waals surface area contributed by atoms with Crippen LogP contribution in [0.1, 0.15) is 88.4 Å². The molecule has 0 radical (unpaired) electrons. The fraction of sp³-hybridized carbons (Fsp3) is 0.533. The number of rotatable bonds is 7. The molecule has 2 aromatic carbocycles. The van der Waals surface area contributed by atoms with Crippen LogP contribution < -0.4 is 5.73 Å². The lowest BCUT2D eigenvalue weighted by Gasteiger charge is -2.28. The predicted octanol–water partition coefficient (Wildman–Crippen LogP) is 7.05. The first-order chi connectivity index (χ1) is 16.8. The third kappa shape index (κ3) is 6.13. The van der Waals surface area contributed by atoms with Gasteiger partial charge in [0.15, 0.2) is 5.78 Å². The number of nitrogens with two attached hydrogens (primary N) is 1. The van der Waals surface area contributed by atoms with Crippen LogP contribution in [0.5, 0.6) is 5.75 Å². The molecule has 2 atom stereocenters. The zero-order chi connectivity index (χ0) is 26.8. The summed E-state index contributed by atoms with van der Waals surface area (Å²) in [6.07, 6.45) is 2.94. The number of anilines is 1. The number of halogens is 1. The van der Waals surface area contributed by atoms with Gasteiger partial charge in [-0.2, -0.15) is 4.02 Å². The van der Waals surface area contributed by atoms with Crippen LogP contribution in [-0.4, -0.2) is 34.7 Å². The van der Waals surface area contributed by atoms with Crippen molar-refractivity contribution in [1.82, 2.24) is 4.90 Å². The second-order valence-corrected chi connectivity index (χ2v) is 12.6. The number of ketones is 1. The minimum atomic E-state index is -0.288. The normalized spacial score (nSPS) is 19.8. The summed E-state index contributed by atoms with van der Waals surface area (Å²) < 4.78 is 4.51. The Bertz CT molecular complexity index is 1090. The van der Waals surface area contributed by atoms with Crippen molar-refractivity contribution in [3.05, 3.63) is 58.7 Å². The zero-order valence-electron chi connectivity index (χ0n) is 22.9. The zero-order valence-corrected chi connectivity index (χ0v) is 24.4. The number of carbonyl (C=O) groups excluding carboxylic acids is 1. The summed E-state index contributed by atoms with van der Waals surface area (Å²) in [5.41, 5.74) is 9.85. The van der Waals surface area contributed by atoms with Gasteiger partial charge in [0.05, 0.1) is 22.7 Å². The molecular weight excluding hydrogens is 514 g/mol. The second kappa shape index (κ2) is 11.0. The largest absolute Gasteiger partial charge is 0.507 e. The fourth-order valence-corrected chi connectivity index (χ4v) is 5.78. The third-order valence-electron chi connectivity index (χ3n) is 7.30. The summed E-state index contributed by atoms with van der Waals surface area (Å²) in [7, 11) is 0. The highest BCUT2D eigenvalue weighted by molar-refractivity contribution is 9.08. The molecule has 3 N–H and O–H groups in total. The van der Waals surface area contributed by atoms with Crippen LogP contribution in [0.2, 0.25) is 0 Å². The van der Waals surface area contributed by atoms with Crippen LogP contribution in [0.15, 0.2) is 40.4 Å². The molecule has 1 heterocycles. The van der Waals surface area contributed by atoms with Gasteiger partial charge in [0.25, 0.3) is 0 Å². The monoisotopic (exact) mass is 555 g/mol. The summed E-state index contributed by atoms with van der Waals surface area (Å²) in [5, 5.41) is 11.1. The molecule has 2 aromatic rings. The van der Waals surface area contributed by atoms with Gasteiger partial charge in [-0.25, -0.2) is 0 Å².